The molecule has 1 aliphatic heterocycles. The SMILES string of the molecule is [O]C(=O)N1CCOC(=S)C1. The van der Waals surface area contributed by atoms with Crippen molar-refractivity contribution in [2.24, 2.45) is 0 Å². The molecule has 0 aromatic heterocycles. The van der Waals surface area contributed by atoms with Crippen molar-refractivity contribution in [3.63, 3.8) is 0 Å². The van der Waals surface area contributed by atoms with Crippen LogP contribution in [0.1, 0.15) is 0 Å². The first kappa shape index (κ1) is 7.27. The molecule has 1 rings (SSSR count). The Balaban J connectivity index is 2.47. The largest absolute Gasteiger partial charge is 0.483 e. The van der Waals surface area contributed by atoms with Crippen molar-refractivity contribution in [2.75, 3.05) is 19.7 Å². The topological polar surface area (TPSA) is 49.4 Å². The van der Waals surface area contributed by atoms with Gasteiger partial charge in [-0.25, -0.2) is 9.90 Å². The number of hydrogen-bond donors (Lipinski definition) is 0. The number of morpholine rings is 1. The molecule has 0 spiro atoms. The van der Waals surface area contributed by atoms with E-state index in [1.807, 2.05) is 0 Å². The first-order valence-corrected chi connectivity index (χ1v) is 3.22. The zero-order valence-corrected chi connectivity index (χ0v) is 6.02. The van der Waals surface area contributed by atoms with Gasteiger partial charge in [0, 0.05) is 0 Å². The molecule has 1 amide bonds. The van der Waals surface area contributed by atoms with Crippen molar-refractivity contribution in [3.05, 3.63) is 0 Å². The Morgan fingerprint density at radius 3 is 2.80 bits per heavy atom. The number of thiocarbonyl (C=S) groups is 1. The number of carbonyl (C=O) groups is 1. The van der Waals surface area contributed by atoms with Crippen molar-refractivity contribution >= 4 is 23.4 Å². The number of rotatable bonds is 0. The van der Waals surface area contributed by atoms with Crippen LogP contribution < -0.4 is 0 Å². The molecule has 0 bridgehead atoms. The molecule has 0 aromatic carbocycles. The van der Waals surface area contributed by atoms with Gasteiger partial charge in [0.15, 0.2) is 5.05 Å². The molecule has 1 aliphatic rings. The summed E-state index contributed by atoms with van der Waals surface area (Å²) in [6.45, 7) is 0.854. The van der Waals surface area contributed by atoms with E-state index in [4.69, 9.17) is 4.74 Å². The molecule has 0 N–H and O–H groups in total. The lowest BCUT2D eigenvalue weighted by Gasteiger charge is -2.23. The van der Waals surface area contributed by atoms with Gasteiger partial charge in [-0.15, -0.1) is 0 Å². The van der Waals surface area contributed by atoms with Gasteiger partial charge in [-0.3, -0.25) is 4.90 Å². The molecular formula is C5H6NO3S. The van der Waals surface area contributed by atoms with Crippen molar-refractivity contribution in [1.82, 2.24) is 4.90 Å². The molecule has 5 heteroatoms. The maximum atomic E-state index is 10.2. The van der Waals surface area contributed by atoms with E-state index in [-0.39, 0.29) is 6.54 Å². The number of ether oxygens (including phenoxy) is 1. The first-order chi connectivity index (χ1) is 4.70. The van der Waals surface area contributed by atoms with Gasteiger partial charge in [-0.1, -0.05) is 0 Å². The molecule has 0 atom stereocenters. The van der Waals surface area contributed by atoms with Crippen LogP contribution in [0.25, 0.3) is 0 Å². The number of nitrogens with zero attached hydrogens (tertiary/aromatic N) is 1. The summed E-state index contributed by atoms with van der Waals surface area (Å²) in [5.74, 6) is 0. The Labute approximate surface area is 63.4 Å². The van der Waals surface area contributed by atoms with Gasteiger partial charge in [0.1, 0.15) is 6.61 Å². The second-order valence-corrected chi connectivity index (χ2v) is 2.36. The van der Waals surface area contributed by atoms with Gasteiger partial charge in [-0.05, 0) is 12.2 Å². The second kappa shape index (κ2) is 2.83. The Bertz CT molecular complexity index is 168. The number of hydrogen-bond acceptors (Lipinski definition) is 3. The summed E-state index contributed by atoms with van der Waals surface area (Å²) in [5.41, 5.74) is 0. The van der Waals surface area contributed by atoms with Gasteiger partial charge < -0.3 is 4.74 Å². The summed E-state index contributed by atoms with van der Waals surface area (Å²) in [5, 5.41) is 10.5. The molecule has 0 aliphatic carbocycles. The lowest BCUT2D eigenvalue weighted by Crippen LogP contribution is -2.41. The average molecular weight is 160 g/mol. The fourth-order valence-corrected chi connectivity index (χ4v) is 0.945. The number of carbonyl (C=O) groups excluding carboxylic acids is 1. The summed E-state index contributed by atoms with van der Waals surface area (Å²) in [4.78, 5) is 11.3. The highest BCUT2D eigenvalue weighted by Gasteiger charge is 2.20. The maximum Gasteiger partial charge on any atom is 0.453 e. The van der Waals surface area contributed by atoms with Crippen molar-refractivity contribution < 1.29 is 14.6 Å². The predicted molar refractivity (Wildman–Crippen MR) is 36.2 cm³/mol. The lowest BCUT2D eigenvalue weighted by molar-refractivity contribution is 0.103. The minimum atomic E-state index is -1.19. The van der Waals surface area contributed by atoms with E-state index in [2.05, 4.69) is 12.2 Å². The predicted octanol–water partition coefficient (Wildman–Crippen LogP) is 0.197. The van der Waals surface area contributed by atoms with E-state index in [9.17, 15) is 9.90 Å². The molecule has 1 saturated heterocycles. The zero-order valence-electron chi connectivity index (χ0n) is 5.20. The van der Waals surface area contributed by atoms with Crippen LogP contribution >= 0.6 is 12.2 Å². The third-order valence-electron chi connectivity index (χ3n) is 1.20. The van der Waals surface area contributed by atoms with Crippen molar-refractivity contribution in [1.29, 1.82) is 0 Å². The van der Waals surface area contributed by atoms with E-state index < -0.39 is 6.09 Å². The monoisotopic (exact) mass is 160 g/mol. The zero-order chi connectivity index (χ0) is 7.56. The second-order valence-electron chi connectivity index (χ2n) is 1.91. The summed E-state index contributed by atoms with van der Waals surface area (Å²) in [6.07, 6.45) is -1.19. The van der Waals surface area contributed by atoms with Gasteiger partial charge in [-0.2, -0.15) is 0 Å². The smallest absolute Gasteiger partial charge is 0.453 e. The van der Waals surface area contributed by atoms with Crippen LogP contribution in [0, 0.1) is 0 Å². The van der Waals surface area contributed by atoms with Crippen LogP contribution in [0.15, 0.2) is 0 Å². The molecule has 4 nitrogen and oxygen atoms in total. The molecule has 1 fully saturated rings. The average Bonchev–Trinajstić information content (AvgIpc) is 1.88. The standard InChI is InChI=1S/C5H6NO3S/c7-5(8)6-1-2-9-4(10)3-6/h1-3H2. The lowest BCUT2D eigenvalue weighted by atomic mass is 10.5. The fourth-order valence-electron chi connectivity index (χ4n) is 0.706. The van der Waals surface area contributed by atoms with E-state index in [1.54, 1.807) is 0 Å². The van der Waals surface area contributed by atoms with Crippen LogP contribution in [-0.4, -0.2) is 35.7 Å². The summed E-state index contributed by atoms with van der Waals surface area (Å²) < 4.78 is 4.86. The normalized spacial score (nSPS) is 18.4. The Kier molecular flexibility index (Phi) is 2.06. The van der Waals surface area contributed by atoms with E-state index in [1.165, 1.54) is 0 Å². The minimum absolute atomic E-state index is 0.164. The third-order valence-corrected chi connectivity index (χ3v) is 1.45. The molecule has 1 heterocycles. The number of amides is 1. The van der Waals surface area contributed by atoms with Crippen molar-refractivity contribution in [3.8, 4) is 0 Å². The third kappa shape index (κ3) is 1.57. The quantitative estimate of drug-likeness (QED) is 0.475. The van der Waals surface area contributed by atoms with Gasteiger partial charge in [0.25, 0.3) is 0 Å². The molecule has 0 saturated carbocycles. The summed E-state index contributed by atoms with van der Waals surface area (Å²) in [7, 11) is 0. The van der Waals surface area contributed by atoms with Crippen LogP contribution in [0.2, 0.25) is 0 Å². The van der Waals surface area contributed by atoms with Crippen molar-refractivity contribution in [2.45, 2.75) is 0 Å². The molecule has 0 unspecified atom stereocenters. The Morgan fingerprint density at radius 2 is 2.40 bits per heavy atom. The first-order valence-electron chi connectivity index (χ1n) is 2.81. The summed E-state index contributed by atoms with van der Waals surface area (Å²) >= 11 is 4.65. The molecule has 0 aromatic rings. The van der Waals surface area contributed by atoms with Gasteiger partial charge in [0.2, 0.25) is 0 Å². The molecular weight excluding hydrogens is 154 g/mol. The summed E-state index contributed by atoms with van der Waals surface area (Å²) in [6, 6.07) is 0. The molecule has 10 heavy (non-hydrogen) atoms. The van der Waals surface area contributed by atoms with Gasteiger partial charge in [0.05, 0.1) is 13.1 Å². The van der Waals surface area contributed by atoms with Crippen LogP contribution in [-0.2, 0) is 9.84 Å². The Morgan fingerprint density at radius 1 is 1.70 bits per heavy atom. The van der Waals surface area contributed by atoms with Crippen LogP contribution in [0.4, 0.5) is 4.79 Å². The highest BCUT2D eigenvalue weighted by atomic mass is 32.1. The van der Waals surface area contributed by atoms with Crippen LogP contribution in [0.5, 0.6) is 0 Å². The van der Waals surface area contributed by atoms with E-state index >= 15 is 0 Å². The maximum absolute atomic E-state index is 10.2. The Hall–Kier alpha value is -0.840. The minimum Gasteiger partial charge on any atom is -0.483 e. The highest BCUT2D eigenvalue weighted by Crippen LogP contribution is 1.99. The molecule has 1 radical (unpaired) electrons. The highest BCUT2D eigenvalue weighted by molar-refractivity contribution is 7.80. The van der Waals surface area contributed by atoms with Gasteiger partial charge >= 0.3 is 6.09 Å². The van der Waals surface area contributed by atoms with E-state index in [0.717, 1.165) is 4.90 Å². The molecule has 55 valence electrons. The van der Waals surface area contributed by atoms with E-state index in [0.29, 0.717) is 18.2 Å². The fraction of sp³-hybridized carbons (Fsp3) is 0.600. The van der Waals surface area contributed by atoms with Crippen LogP contribution in [0.3, 0.4) is 0 Å².